The van der Waals surface area contributed by atoms with Gasteiger partial charge in [0.25, 0.3) is 0 Å². The lowest BCUT2D eigenvalue weighted by Crippen LogP contribution is -2.47. The smallest absolute Gasteiger partial charge is 0.142 e. The van der Waals surface area contributed by atoms with Crippen LogP contribution in [0.2, 0.25) is 0 Å². The van der Waals surface area contributed by atoms with E-state index in [2.05, 4.69) is 26.3 Å². The summed E-state index contributed by atoms with van der Waals surface area (Å²) in [5.41, 5.74) is 1.97. The molecule has 0 radical (unpaired) electrons. The van der Waals surface area contributed by atoms with Gasteiger partial charge in [0.15, 0.2) is 0 Å². The summed E-state index contributed by atoms with van der Waals surface area (Å²) in [5, 5.41) is 7.65. The van der Waals surface area contributed by atoms with E-state index in [1.54, 1.807) is 0 Å². The highest BCUT2D eigenvalue weighted by Crippen LogP contribution is 2.24. The highest BCUT2D eigenvalue weighted by molar-refractivity contribution is 9.10. The third kappa shape index (κ3) is 2.52. The van der Waals surface area contributed by atoms with Crippen molar-refractivity contribution < 1.29 is 4.79 Å². The first-order valence-corrected chi connectivity index (χ1v) is 7.29. The average molecular weight is 314 g/mol. The monoisotopic (exact) mass is 313 g/mol. The van der Waals surface area contributed by atoms with Gasteiger partial charge in [-0.05, 0) is 48.8 Å². The van der Waals surface area contributed by atoms with Crippen LogP contribution < -0.4 is 5.32 Å². The number of hydrogen-bond donors (Lipinski definition) is 1. The number of nitrogens with one attached hydrogen (secondary N) is 1. The summed E-state index contributed by atoms with van der Waals surface area (Å²) in [7, 11) is 0. The number of Topliss-reactive ketones (excluding diaryl/α,β-unsaturated/α-hetero) is 1. The Morgan fingerprint density at radius 1 is 1.61 bits per heavy atom. The summed E-state index contributed by atoms with van der Waals surface area (Å²) in [5.74, 6) is 0.964. The van der Waals surface area contributed by atoms with Crippen molar-refractivity contribution in [1.82, 2.24) is 15.1 Å². The lowest BCUT2D eigenvalue weighted by molar-refractivity contribution is -0.124. The van der Waals surface area contributed by atoms with E-state index >= 15 is 0 Å². The van der Waals surface area contributed by atoms with Gasteiger partial charge in [-0.15, -0.1) is 0 Å². The maximum Gasteiger partial charge on any atom is 0.142 e. The molecule has 1 aliphatic rings. The first-order chi connectivity index (χ1) is 8.54. The van der Waals surface area contributed by atoms with Crippen LogP contribution in [0.15, 0.2) is 4.47 Å². The van der Waals surface area contributed by atoms with Crippen LogP contribution in [0.4, 0.5) is 0 Å². The molecule has 0 bridgehead atoms. The molecule has 1 unspecified atom stereocenters. The van der Waals surface area contributed by atoms with E-state index in [9.17, 15) is 4.79 Å². The van der Waals surface area contributed by atoms with Crippen LogP contribution in [-0.2, 0) is 17.8 Å². The van der Waals surface area contributed by atoms with Gasteiger partial charge in [-0.2, -0.15) is 5.10 Å². The first-order valence-electron chi connectivity index (χ1n) is 6.49. The average Bonchev–Trinajstić information content (AvgIpc) is 2.54. The molecular weight excluding hydrogens is 294 g/mol. The van der Waals surface area contributed by atoms with Gasteiger partial charge >= 0.3 is 0 Å². The number of ketones is 1. The molecule has 2 rings (SSSR count). The van der Waals surface area contributed by atoms with Crippen LogP contribution in [-0.4, -0.2) is 28.7 Å². The number of hydrogen-bond acceptors (Lipinski definition) is 3. The van der Waals surface area contributed by atoms with E-state index in [0.29, 0.717) is 18.1 Å². The van der Waals surface area contributed by atoms with Crippen LogP contribution in [0.25, 0.3) is 0 Å². The Bertz CT molecular complexity index is 451. The second kappa shape index (κ2) is 5.53. The van der Waals surface area contributed by atoms with Crippen molar-refractivity contribution in [2.75, 3.05) is 13.1 Å². The summed E-state index contributed by atoms with van der Waals surface area (Å²) >= 11 is 3.54. The van der Waals surface area contributed by atoms with Crippen molar-refractivity contribution in [2.45, 2.75) is 33.7 Å². The fourth-order valence-electron chi connectivity index (χ4n) is 2.29. The molecule has 0 aliphatic carbocycles. The normalized spacial score (nSPS) is 17.6. The van der Waals surface area contributed by atoms with Crippen LogP contribution >= 0.6 is 15.9 Å². The topological polar surface area (TPSA) is 46.9 Å². The largest absolute Gasteiger partial charge is 0.316 e. The number of aromatic nitrogens is 2. The Morgan fingerprint density at radius 2 is 2.28 bits per heavy atom. The fraction of sp³-hybridized carbons (Fsp3) is 0.692. The molecule has 1 N–H and O–H groups in total. The van der Waals surface area contributed by atoms with Crippen molar-refractivity contribution in [3.05, 3.63) is 15.9 Å². The molecule has 0 aromatic carbocycles. The molecule has 1 aromatic heterocycles. The molecule has 0 saturated carbocycles. The predicted molar refractivity (Wildman–Crippen MR) is 74.6 cm³/mol. The first kappa shape index (κ1) is 13.7. The molecule has 2 heterocycles. The molecular formula is C13H20BrN3O. The quantitative estimate of drug-likeness (QED) is 0.903. The van der Waals surface area contributed by atoms with E-state index < -0.39 is 0 Å². The molecule has 1 aromatic rings. The zero-order valence-electron chi connectivity index (χ0n) is 11.2. The van der Waals surface area contributed by atoms with Gasteiger partial charge in [0.05, 0.1) is 15.9 Å². The SMILES string of the molecule is CCn1nc(C)c(Br)c1CC(=O)C(C)C1CNC1. The molecule has 1 atom stereocenters. The number of aryl methyl sites for hydroxylation is 2. The molecule has 5 heteroatoms. The van der Waals surface area contributed by atoms with Crippen LogP contribution in [0.1, 0.15) is 25.2 Å². The number of halogens is 1. The standard InChI is InChI=1S/C13H20BrN3O/c1-4-17-11(13(14)9(3)16-17)5-12(18)8(2)10-6-15-7-10/h8,10,15H,4-7H2,1-3H3. The van der Waals surface area contributed by atoms with E-state index in [-0.39, 0.29) is 5.92 Å². The van der Waals surface area contributed by atoms with Crippen molar-refractivity contribution in [2.24, 2.45) is 11.8 Å². The Labute approximate surface area is 116 Å². The second-order valence-electron chi connectivity index (χ2n) is 5.01. The van der Waals surface area contributed by atoms with E-state index in [4.69, 9.17) is 0 Å². The molecule has 18 heavy (non-hydrogen) atoms. The lowest BCUT2D eigenvalue weighted by Gasteiger charge is -2.31. The Hall–Kier alpha value is -0.680. The molecule has 1 fully saturated rings. The Kier molecular flexibility index (Phi) is 4.22. The Morgan fingerprint density at radius 3 is 2.78 bits per heavy atom. The van der Waals surface area contributed by atoms with Gasteiger partial charge < -0.3 is 5.32 Å². The van der Waals surface area contributed by atoms with Crippen molar-refractivity contribution in [3.63, 3.8) is 0 Å². The van der Waals surface area contributed by atoms with Crippen LogP contribution in [0.3, 0.4) is 0 Å². The maximum absolute atomic E-state index is 12.3. The predicted octanol–water partition coefficient (Wildman–Crippen LogP) is 1.94. The minimum absolute atomic E-state index is 0.138. The number of nitrogens with zero attached hydrogens (tertiary/aromatic N) is 2. The number of rotatable bonds is 5. The summed E-state index contributed by atoms with van der Waals surface area (Å²) in [6, 6.07) is 0. The van der Waals surface area contributed by atoms with Gasteiger partial charge in [-0.3, -0.25) is 9.48 Å². The Balaban J connectivity index is 2.10. The third-order valence-corrected chi connectivity index (χ3v) is 4.85. The van der Waals surface area contributed by atoms with Crippen LogP contribution in [0.5, 0.6) is 0 Å². The van der Waals surface area contributed by atoms with Crippen molar-refractivity contribution in [3.8, 4) is 0 Å². The van der Waals surface area contributed by atoms with Crippen molar-refractivity contribution in [1.29, 1.82) is 0 Å². The summed E-state index contributed by atoms with van der Waals surface area (Å²) in [6.45, 7) is 8.80. The van der Waals surface area contributed by atoms with Gasteiger partial charge in [0, 0.05) is 18.9 Å². The summed E-state index contributed by atoms with van der Waals surface area (Å²) < 4.78 is 2.90. The van der Waals surface area contributed by atoms with E-state index in [0.717, 1.165) is 35.5 Å². The van der Waals surface area contributed by atoms with E-state index in [1.807, 2.05) is 25.5 Å². The zero-order valence-corrected chi connectivity index (χ0v) is 12.7. The zero-order chi connectivity index (χ0) is 13.3. The lowest BCUT2D eigenvalue weighted by atomic mass is 9.84. The molecule has 0 spiro atoms. The molecule has 100 valence electrons. The van der Waals surface area contributed by atoms with Gasteiger partial charge in [0.2, 0.25) is 0 Å². The second-order valence-corrected chi connectivity index (χ2v) is 5.80. The van der Waals surface area contributed by atoms with E-state index in [1.165, 1.54) is 0 Å². The molecule has 4 nitrogen and oxygen atoms in total. The minimum atomic E-state index is 0.138. The molecule has 1 saturated heterocycles. The third-order valence-electron chi connectivity index (χ3n) is 3.82. The fourth-order valence-corrected chi connectivity index (χ4v) is 2.72. The van der Waals surface area contributed by atoms with Gasteiger partial charge in [-0.1, -0.05) is 6.92 Å². The number of carbonyl (C=O) groups excluding carboxylic acids is 1. The summed E-state index contributed by atoms with van der Waals surface area (Å²) in [4.78, 5) is 12.3. The number of carbonyl (C=O) groups is 1. The minimum Gasteiger partial charge on any atom is -0.316 e. The molecule has 0 amide bonds. The highest BCUT2D eigenvalue weighted by atomic mass is 79.9. The highest BCUT2D eigenvalue weighted by Gasteiger charge is 2.29. The van der Waals surface area contributed by atoms with Crippen LogP contribution in [0, 0.1) is 18.8 Å². The maximum atomic E-state index is 12.3. The van der Waals surface area contributed by atoms with Gasteiger partial charge in [-0.25, -0.2) is 0 Å². The van der Waals surface area contributed by atoms with Crippen molar-refractivity contribution >= 4 is 21.7 Å². The van der Waals surface area contributed by atoms with Gasteiger partial charge in [0.1, 0.15) is 5.78 Å². The molecule has 1 aliphatic heterocycles. The summed E-state index contributed by atoms with van der Waals surface area (Å²) in [6.07, 6.45) is 0.479.